The molecule has 2 rings (SSSR count). The summed E-state index contributed by atoms with van der Waals surface area (Å²) in [6.45, 7) is 8.05. The van der Waals surface area contributed by atoms with Crippen molar-refractivity contribution in [3.05, 3.63) is 69.7 Å². The molecule has 29 heavy (non-hydrogen) atoms. The second-order valence-electron chi connectivity index (χ2n) is 8.10. The van der Waals surface area contributed by atoms with Crippen molar-refractivity contribution >= 4 is 35.0 Å². The zero-order chi connectivity index (χ0) is 21.6. The average Bonchev–Trinajstić information content (AvgIpc) is 2.64. The first kappa shape index (κ1) is 23.2. The van der Waals surface area contributed by atoms with Crippen molar-refractivity contribution in [2.24, 2.45) is 0 Å². The Morgan fingerprint density at radius 3 is 2.21 bits per heavy atom. The highest BCUT2D eigenvalue weighted by Crippen LogP contribution is 2.23. The average molecular weight is 435 g/mol. The molecule has 0 radical (unpaired) electrons. The van der Waals surface area contributed by atoms with E-state index in [0.717, 1.165) is 11.1 Å². The number of nitrogens with zero attached hydrogens (tertiary/aromatic N) is 1. The maximum absolute atomic E-state index is 13.3. The monoisotopic (exact) mass is 434 g/mol. The number of amides is 2. The van der Waals surface area contributed by atoms with Crippen molar-refractivity contribution in [3.63, 3.8) is 0 Å². The Morgan fingerprint density at radius 1 is 1.00 bits per heavy atom. The van der Waals surface area contributed by atoms with Crippen LogP contribution in [0.4, 0.5) is 0 Å². The molecule has 6 heteroatoms. The highest BCUT2D eigenvalue weighted by Gasteiger charge is 2.30. The first-order valence-corrected chi connectivity index (χ1v) is 10.5. The van der Waals surface area contributed by atoms with Crippen molar-refractivity contribution in [1.29, 1.82) is 0 Å². The fraction of sp³-hybridized carbons (Fsp3) is 0.391. The standard InChI is InChI=1S/C23H28Cl2N2O2/c1-5-20(22(29)26-23(2,3)4)27(15-16-9-7-6-8-10-16)21(28)14-17-11-12-18(24)19(25)13-17/h6-13,20H,5,14-15H2,1-4H3,(H,26,29). The topological polar surface area (TPSA) is 49.4 Å². The molecule has 1 atom stereocenters. The van der Waals surface area contributed by atoms with Crippen LogP contribution in [0.3, 0.4) is 0 Å². The van der Waals surface area contributed by atoms with Crippen LogP contribution in [0.1, 0.15) is 45.2 Å². The van der Waals surface area contributed by atoms with Crippen molar-refractivity contribution in [1.82, 2.24) is 10.2 Å². The minimum absolute atomic E-state index is 0.136. The largest absolute Gasteiger partial charge is 0.350 e. The molecule has 0 aromatic heterocycles. The summed E-state index contributed by atoms with van der Waals surface area (Å²) in [5.74, 6) is -0.290. The molecule has 1 unspecified atom stereocenters. The van der Waals surface area contributed by atoms with Crippen molar-refractivity contribution in [2.75, 3.05) is 0 Å². The van der Waals surface area contributed by atoms with Gasteiger partial charge in [-0.3, -0.25) is 9.59 Å². The third-order valence-electron chi connectivity index (χ3n) is 4.42. The lowest BCUT2D eigenvalue weighted by Gasteiger charge is -2.33. The lowest BCUT2D eigenvalue weighted by atomic mass is 10.0. The van der Waals surface area contributed by atoms with Gasteiger partial charge in [0.05, 0.1) is 16.5 Å². The van der Waals surface area contributed by atoms with E-state index < -0.39 is 6.04 Å². The molecule has 0 spiro atoms. The van der Waals surface area contributed by atoms with Crippen molar-refractivity contribution < 1.29 is 9.59 Å². The molecule has 1 N–H and O–H groups in total. The summed E-state index contributed by atoms with van der Waals surface area (Å²) >= 11 is 12.1. The molecular formula is C23H28Cl2N2O2. The second kappa shape index (κ2) is 10.1. The Labute approximate surface area is 183 Å². The van der Waals surface area contributed by atoms with Gasteiger partial charge in [-0.1, -0.05) is 66.5 Å². The molecule has 0 aliphatic rings. The fourth-order valence-electron chi connectivity index (χ4n) is 3.08. The van der Waals surface area contributed by atoms with Crippen LogP contribution in [0.2, 0.25) is 10.0 Å². The number of hydrogen-bond acceptors (Lipinski definition) is 2. The van der Waals surface area contributed by atoms with Gasteiger partial charge in [0.25, 0.3) is 0 Å². The fourth-order valence-corrected chi connectivity index (χ4v) is 3.40. The third-order valence-corrected chi connectivity index (χ3v) is 5.16. The normalized spacial score (nSPS) is 12.3. The van der Waals surface area contributed by atoms with Gasteiger partial charge in [-0.05, 0) is 50.5 Å². The molecule has 0 saturated heterocycles. The van der Waals surface area contributed by atoms with E-state index >= 15 is 0 Å². The predicted octanol–water partition coefficient (Wildman–Crippen LogP) is 5.26. The molecule has 0 aliphatic carbocycles. The molecule has 2 aromatic rings. The number of nitrogens with one attached hydrogen (secondary N) is 1. The van der Waals surface area contributed by atoms with E-state index in [0.29, 0.717) is 23.0 Å². The predicted molar refractivity (Wildman–Crippen MR) is 119 cm³/mol. The maximum Gasteiger partial charge on any atom is 0.243 e. The Balaban J connectivity index is 2.30. The molecule has 2 aromatic carbocycles. The zero-order valence-electron chi connectivity index (χ0n) is 17.3. The molecule has 0 aliphatic heterocycles. The highest BCUT2D eigenvalue weighted by atomic mass is 35.5. The van der Waals surface area contributed by atoms with Gasteiger partial charge in [0.15, 0.2) is 0 Å². The number of carbonyl (C=O) groups is 2. The van der Waals surface area contributed by atoms with Crippen LogP contribution in [0.25, 0.3) is 0 Å². The van der Waals surface area contributed by atoms with E-state index in [1.165, 1.54) is 0 Å². The molecule has 4 nitrogen and oxygen atoms in total. The van der Waals surface area contributed by atoms with Gasteiger partial charge < -0.3 is 10.2 Å². The summed E-state index contributed by atoms with van der Waals surface area (Å²) in [4.78, 5) is 27.8. The number of rotatable bonds is 7. The van der Waals surface area contributed by atoms with Crippen molar-refractivity contribution in [2.45, 2.75) is 58.7 Å². The number of carbonyl (C=O) groups excluding carboxylic acids is 2. The summed E-state index contributed by atoms with van der Waals surface area (Å²) in [5, 5.41) is 3.85. The van der Waals surface area contributed by atoms with Crippen LogP contribution in [0.15, 0.2) is 48.5 Å². The van der Waals surface area contributed by atoms with E-state index in [-0.39, 0.29) is 23.8 Å². The molecule has 156 valence electrons. The summed E-state index contributed by atoms with van der Waals surface area (Å²) in [6, 6.07) is 14.3. The van der Waals surface area contributed by atoms with Crippen LogP contribution in [0.5, 0.6) is 0 Å². The Hall–Kier alpha value is -2.04. The summed E-state index contributed by atoms with van der Waals surface area (Å²) < 4.78 is 0. The SMILES string of the molecule is CCC(C(=O)NC(C)(C)C)N(Cc1ccccc1)C(=O)Cc1ccc(Cl)c(Cl)c1. The summed E-state index contributed by atoms with van der Waals surface area (Å²) in [6.07, 6.45) is 0.658. The molecule has 0 saturated carbocycles. The van der Waals surface area contributed by atoms with Gasteiger partial charge in [0.1, 0.15) is 6.04 Å². The maximum atomic E-state index is 13.3. The molecule has 0 fully saturated rings. The first-order valence-electron chi connectivity index (χ1n) is 9.70. The van der Waals surface area contributed by atoms with Crippen LogP contribution < -0.4 is 5.32 Å². The minimum atomic E-state index is -0.565. The van der Waals surface area contributed by atoms with Crippen molar-refractivity contribution in [3.8, 4) is 0 Å². The number of hydrogen-bond donors (Lipinski definition) is 1. The first-order chi connectivity index (χ1) is 13.6. The smallest absolute Gasteiger partial charge is 0.243 e. The molecule has 0 heterocycles. The van der Waals surface area contributed by atoms with Gasteiger partial charge in [-0.2, -0.15) is 0 Å². The van der Waals surface area contributed by atoms with Gasteiger partial charge in [-0.25, -0.2) is 0 Å². The summed E-state index contributed by atoms with van der Waals surface area (Å²) in [7, 11) is 0. The lowest BCUT2D eigenvalue weighted by molar-refractivity contribution is -0.141. The number of benzene rings is 2. The van der Waals surface area contributed by atoms with Crippen LogP contribution in [-0.4, -0.2) is 28.3 Å². The minimum Gasteiger partial charge on any atom is -0.350 e. The third kappa shape index (κ3) is 7.06. The van der Waals surface area contributed by atoms with Gasteiger partial charge in [0, 0.05) is 12.1 Å². The molecule has 2 amide bonds. The second-order valence-corrected chi connectivity index (χ2v) is 8.91. The van der Waals surface area contributed by atoms with Gasteiger partial charge in [0.2, 0.25) is 11.8 Å². The Morgan fingerprint density at radius 2 is 1.66 bits per heavy atom. The lowest BCUT2D eigenvalue weighted by Crippen LogP contribution is -2.53. The van der Waals surface area contributed by atoms with E-state index in [4.69, 9.17) is 23.2 Å². The Bertz CT molecular complexity index is 848. The van der Waals surface area contributed by atoms with Crippen LogP contribution in [0, 0.1) is 0 Å². The van der Waals surface area contributed by atoms with E-state index in [2.05, 4.69) is 5.32 Å². The molecular weight excluding hydrogens is 407 g/mol. The molecule has 0 bridgehead atoms. The Kier molecular flexibility index (Phi) is 8.12. The zero-order valence-corrected chi connectivity index (χ0v) is 18.8. The van der Waals surface area contributed by atoms with E-state index in [1.54, 1.807) is 23.1 Å². The summed E-state index contributed by atoms with van der Waals surface area (Å²) in [5.41, 5.74) is 1.35. The quantitative estimate of drug-likeness (QED) is 0.645. The van der Waals surface area contributed by atoms with Gasteiger partial charge in [-0.15, -0.1) is 0 Å². The number of halogens is 2. The van der Waals surface area contributed by atoms with E-state index in [1.807, 2.05) is 58.0 Å². The van der Waals surface area contributed by atoms with E-state index in [9.17, 15) is 9.59 Å². The van der Waals surface area contributed by atoms with Gasteiger partial charge >= 0.3 is 0 Å². The van der Waals surface area contributed by atoms with Crippen LogP contribution >= 0.6 is 23.2 Å². The highest BCUT2D eigenvalue weighted by molar-refractivity contribution is 6.42. The van der Waals surface area contributed by atoms with Crippen LogP contribution in [-0.2, 0) is 22.6 Å².